The molecule has 0 amide bonds. The predicted molar refractivity (Wildman–Crippen MR) is 67.6 cm³/mol. The molecule has 0 aliphatic carbocycles. The van der Waals surface area contributed by atoms with Crippen LogP contribution in [0.3, 0.4) is 0 Å². The van der Waals surface area contributed by atoms with Crippen molar-refractivity contribution in [3.05, 3.63) is 16.1 Å². The highest BCUT2D eigenvalue weighted by molar-refractivity contribution is 7.09. The Bertz CT molecular complexity index is 349. The van der Waals surface area contributed by atoms with Crippen LogP contribution in [0.2, 0.25) is 0 Å². The minimum Gasteiger partial charge on any atom is -0.298 e. The monoisotopic (exact) mass is 240 g/mol. The van der Waals surface area contributed by atoms with Crippen molar-refractivity contribution in [3.63, 3.8) is 0 Å². The summed E-state index contributed by atoms with van der Waals surface area (Å²) < 4.78 is 0. The number of carbonyl (C=O) groups is 1. The van der Waals surface area contributed by atoms with E-state index in [9.17, 15) is 4.79 Å². The molecule has 0 aromatic carbocycles. The standard InChI is InChI=1S/C12H20N2OS/c1-5-9(2)11(15)6-14(4)7-12-10(3)13-8-16-12/h8-9H,5-7H2,1-4H3. The number of thiazole rings is 1. The Kier molecular flexibility index (Phi) is 5.09. The van der Waals surface area contributed by atoms with Crippen molar-refractivity contribution in [2.24, 2.45) is 5.92 Å². The molecule has 0 aliphatic heterocycles. The smallest absolute Gasteiger partial charge is 0.149 e. The quantitative estimate of drug-likeness (QED) is 0.766. The second-order valence-electron chi connectivity index (χ2n) is 4.31. The van der Waals surface area contributed by atoms with E-state index in [2.05, 4.69) is 16.8 Å². The summed E-state index contributed by atoms with van der Waals surface area (Å²) in [6, 6.07) is 0. The summed E-state index contributed by atoms with van der Waals surface area (Å²) in [5.74, 6) is 0.497. The molecular formula is C12H20N2OS. The van der Waals surface area contributed by atoms with Crippen LogP contribution >= 0.6 is 11.3 Å². The third kappa shape index (κ3) is 3.68. The zero-order chi connectivity index (χ0) is 12.1. The summed E-state index contributed by atoms with van der Waals surface area (Å²) in [7, 11) is 1.99. The molecule has 0 radical (unpaired) electrons. The highest BCUT2D eigenvalue weighted by atomic mass is 32.1. The van der Waals surface area contributed by atoms with Gasteiger partial charge >= 0.3 is 0 Å². The van der Waals surface area contributed by atoms with Gasteiger partial charge in [-0.1, -0.05) is 13.8 Å². The first-order chi connectivity index (χ1) is 7.54. The number of aryl methyl sites for hydroxylation is 1. The topological polar surface area (TPSA) is 33.2 Å². The number of likely N-dealkylation sites (N-methyl/N-ethyl adjacent to an activating group) is 1. The molecule has 0 bridgehead atoms. The molecule has 1 heterocycles. The summed E-state index contributed by atoms with van der Waals surface area (Å²) in [5.41, 5.74) is 2.93. The molecule has 0 saturated carbocycles. The lowest BCUT2D eigenvalue weighted by atomic mass is 10.0. The average Bonchev–Trinajstić information content (AvgIpc) is 2.63. The number of rotatable bonds is 6. The Labute approximate surface area is 101 Å². The maximum atomic E-state index is 11.7. The predicted octanol–water partition coefficient (Wildman–Crippen LogP) is 2.50. The molecule has 0 fully saturated rings. The third-order valence-electron chi connectivity index (χ3n) is 2.85. The number of Topliss-reactive ketones (excluding diaryl/α,β-unsaturated/α-hetero) is 1. The van der Waals surface area contributed by atoms with Gasteiger partial charge in [0.15, 0.2) is 0 Å². The highest BCUT2D eigenvalue weighted by Gasteiger charge is 2.14. The van der Waals surface area contributed by atoms with Gasteiger partial charge in [0.25, 0.3) is 0 Å². The van der Waals surface area contributed by atoms with Gasteiger partial charge in [0.1, 0.15) is 5.78 Å². The third-order valence-corrected chi connectivity index (χ3v) is 3.77. The van der Waals surface area contributed by atoms with E-state index in [1.54, 1.807) is 11.3 Å². The van der Waals surface area contributed by atoms with Crippen LogP contribution in [0.15, 0.2) is 5.51 Å². The molecule has 1 aromatic heterocycles. The van der Waals surface area contributed by atoms with Crippen molar-refractivity contribution in [2.75, 3.05) is 13.6 Å². The van der Waals surface area contributed by atoms with Gasteiger partial charge in [-0.2, -0.15) is 0 Å². The Balaban J connectivity index is 2.45. The van der Waals surface area contributed by atoms with Crippen LogP contribution in [0.4, 0.5) is 0 Å². The zero-order valence-corrected chi connectivity index (χ0v) is 11.3. The largest absolute Gasteiger partial charge is 0.298 e. The SMILES string of the molecule is CCC(C)C(=O)CN(C)Cc1scnc1C. The number of hydrogen-bond acceptors (Lipinski definition) is 4. The van der Waals surface area contributed by atoms with E-state index in [4.69, 9.17) is 0 Å². The van der Waals surface area contributed by atoms with Crippen LogP contribution in [0, 0.1) is 12.8 Å². The minimum absolute atomic E-state index is 0.171. The van der Waals surface area contributed by atoms with Crippen molar-refractivity contribution in [1.82, 2.24) is 9.88 Å². The Morgan fingerprint density at radius 3 is 2.81 bits per heavy atom. The highest BCUT2D eigenvalue weighted by Crippen LogP contribution is 2.14. The molecule has 1 rings (SSSR count). The van der Waals surface area contributed by atoms with Gasteiger partial charge in [0.05, 0.1) is 17.7 Å². The second-order valence-corrected chi connectivity index (χ2v) is 5.25. The number of hydrogen-bond donors (Lipinski definition) is 0. The maximum Gasteiger partial charge on any atom is 0.149 e. The molecule has 16 heavy (non-hydrogen) atoms. The summed E-state index contributed by atoms with van der Waals surface area (Å²) >= 11 is 1.66. The summed E-state index contributed by atoms with van der Waals surface area (Å²) in [6.45, 7) is 7.41. The second kappa shape index (κ2) is 6.11. The summed E-state index contributed by atoms with van der Waals surface area (Å²) in [6.07, 6.45) is 0.923. The molecular weight excluding hydrogens is 220 g/mol. The fraction of sp³-hybridized carbons (Fsp3) is 0.667. The van der Waals surface area contributed by atoms with E-state index >= 15 is 0 Å². The fourth-order valence-electron chi connectivity index (χ4n) is 1.43. The van der Waals surface area contributed by atoms with E-state index in [0.29, 0.717) is 12.3 Å². The number of aromatic nitrogens is 1. The molecule has 90 valence electrons. The minimum atomic E-state index is 0.171. The van der Waals surface area contributed by atoms with Crippen molar-refractivity contribution in [2.45, 2.75) is 33.7 Å². The molecule has 0 saturated heterocycles. The van der Waals surface area contributed by atoms with E-state index in [1.807, 2.05) is 26.4 Å². The van der Waals surface area contributed by atoms with Gasteiger partial charge in [-0.25, -0.2) is 4.98 Å². The van der Waals surface area contributed by atoms with Gasteiger partial charge in [-0.15, -0.1) is 11.3 Å². The van der Waals surface area contributed by atoms with E-state index in [0.717, 1.165) is 18.7 Å². The molecule has 0 aliphatic rings. The van der Waals surface area contributed by atoms with Gasteiger partial charge in [0.2, 0.25) is 0 Å². The van der Waals surface area contributed by atoms with Crippen LogP contribution < -0.4 is 0 Å². The van der Waals surface area contributed by atoms with Crippen LogP contribution in [-0.4, -0.2) is 29.3 Å². The van der Waals surface area contributed by atoms with Gasteiger partial charge < -0.3 is 0 Å². The number of ketones is 1. The maximum absolute atomic E-state index is 11.7. The fourth-order valence-corrected chi connectivity index (χ4v) is 2.28. The first kappa shape index (κ1) is 13.3. The molecule has 1 atom stereocenters. The number of nitrogens with zero attached hydrogens (tertiary/aromatic N) is 2. The van der Waals surface area contributed by atoms with Crippen molar-refractivity contribution >= 4 is 17.1 Å². The Morgan fingerprint density at radius 2 is 2.31 bits per heavy atom. The van der Waals surface area contributed by atoms with Crippen molar-refractivity contribution < 1.29 is 4.79 Å². The molecule has 4 heteroatoms. The van der Waals surface area contributed by atoms with Crippen LogP contribution in [0.5, 0.6) is 0 Å². The molecule has 1 unspecified atom stereocenters. The van der Waals surface area contributed by atoms with E-state index in [1.165, 1.54) is 4.88 Å². The molecule has 1 aromatic rings. The molecule has 0 spiro atoms. The van der Waals surface area contributed by atoms with Gasteiger partial charge in [0, 0.05) is 17.3 Å². The van der Waals surface area contributed by atoms with Crippen LogP contribution in [0.1, 0.15) is 30.8 Å². The van der Waals surface area contributed by atoms with Crippen LogP contribution in [0.25, 0.3) is 0 Å². The van der Waals surface area contributed by atoms with E-state index in [-0.39, 0.29) is 5.92 Å². The molecule has 3 nitrogen and oxygen atoms in total. The lowest BCUT2D eigenvalue weighted by Gasteiger charge is -2.17. The molecule has 0 N–H and O–H groups in total. The zero-order valence-electron chi connectivity index (χ0n) is 10.5. The average molecular weight is 240 g/mol. The van der Waals surface area contributed by atoms with Crippen LogP contribution in [-0.2, 0) is 11.3 Å². The van der Waals surface area contributed by atoms with Gasteiger partial charge in [-0.05, 0) is 20.4 Å². The first-order valence-corrected chi connectivity index (χ1v) is 6.52. The Hall–Kier alpha value is -0.740. The normalized spacial score (nSPS) is 13.1. The van der Waals surface area contributed by atoms with Crippen molar-refractivity contribution in [3.8, 4) is 0 Å². The lowest BCUT2D eigenvalue weighted by molar-refractivity contribution is -0.123. The van der Waals surface area contributed by atoms with Crippen molar-refractivity contribution in [1.29, 1.82) is 0 Å². The summed E-state index contributed by atoms with van der Waals surface area (Å²) in [5, 5.41) is 0. The van der Waals surface area contributed by atoms with Gasteiger partial charge in [-0.3, -0.25) is 9.69 Å². The Morgan fingerprint density at radius 1 is 1.62 bits per heavy atom. The van der Waals surface area contributed by atoms with E-state index < -0.39 is 0 Å². The number of carbonyl (C=O) groups excluding carboxylic acids is 1. The lowest BCUT2D eigenvalue weighted by Crippen LogP contribution is -2.28. The first-order valence-electron chi connectivity index (χ1n) is 5.64. The summed E-state index contributed by atoms with van der Waals surface area (Å²) in [4.78, 5) is 19.3.